The van der Waals surface area contributed by atoms with Crippen molar-refractivity contribution in [1.29, 1.82) is 0 Å². The van der Waals surface area contributed by atoms with E-state index in [1.165, 1.54) is 6.07 Å². The van der Waals surface area contributed by atoms with Gasteiger partial charge in [-0.05, 0) is 19.2 Å². The molecule has 0 aliphatic heterocycles. The first-order valence-corrected chi connectivity index (χ1v) is 4.95. The van der Waals surface area contributed by atoms with Crippen molar-refractivity contribution in [1.82, 2.24) is 20.3 Å². The lowest BCUT2D eigenvalue weighted by atomic mass is 10.2. The molecule has 0 aliphatic rings. The van der Waals surface area contributed by atoms with E-state index in [0.29, 0.717) is 18.1 Å². The van der Waals surface area contributed by atoms with E-state index in [-0.39, 0.29) is 5.56 Å². The fourth-order valence-electron chi connectivity index (χ4n) is 1.42. The van der Waals surface area contributed by atoms with Gasteiger partial charge in [0.15, 0.2) is 0 Å². The van der Waals surface area contributed by atoms with Crippen LogP contribution < -0.4 is 10.9 Å². The number of H-pyrrole nitrogens is 1. The van der Waals surface area contributed by atoms with Crippen LogP contribution in [0.1, 0.15) is 5.69 Å². The molecule has 2 N–H and O–H groups in total. The molecule has 0 aromatic carbocycles. The Balaban J connectivity index is 2.45. The SMILES string of the molecule is CNCc1cc(=O)[nH]c(-c2cccnc2)n1. The van der Waals surface area contributed by atoms with Crippen molar-refractivity contribution in [2.45, 2.75) is 6.54 Å². The Morgan fingerprint density at radius 3 is 3.06 bits per heavy atom. The van der Waals surface area contributed by atoms with Crippen LogP contribution in [0.3, 0.4) is 0 Å². The highest BCUT2D eigenvalue weighted by atomic mass is 16.1. The molecule has 0 atom stereocenters. The van der Waals surface area contributed by atoms with Crippen LogP contribution in [0.2, 0.25) is 0 Å². The van der Waals surface area contributed by atoms with Crippen molar-refractivity contribution in [3.05, 3.63) is 46.6 Å². The predicted octanol–water partition coefficient (Wildman–Crippen LogP) is 0.551. The van der Waals surface area contributed by atoms with Gasteiger partial charge in [0.25, 0.3) is 5.56 Å². The number of hydrogen-bond acceptors (Lipinski definition) is 4. The van der Waals surface area contributed by atoms with Gasteiger partial charge >= 0.3 is 0 Å². The van der Waals surface area contributed by atoms with Crippen molar-refractivity contribution in [3.8, 4) is 11.4 Å². The zero-order chi connectivity index (χ0) is 11.4. The van der Waals surface area contributed by atoms with E-state index in [1.807, 2.05) is 13.1 Å². The molecule has 0 saturated heterocycles. The lowest BCUT2D eigenvalue weighted by molar-refractivity contribution is 0.785. The smallest absolute Gasteiger partial charge is 0.251 e. The van der Waals surface area contributed by atoms with Gasteiger partial charge in [0.2, 0.25) is 0 Å². The largest absolute Gasteiger partial charge is 0.314 e. The molecule has 16 heavy (non-hydrogen) atoms. The zero-order valence-electron chi connectivity index (χ0n) is 8.90. The third-order valence-corrected chi connectivity index (χ3v) is 2.09. The summed E-state index contributed by atoms with van der Waals surface area (Å²) in [4.78, 5) is 22.4. The van der Waals surface area contributed by atoms with Gasteiger partial charge in [-0.2, -0.15) is 0 Å². The molecule has 5 nitrogen and oxygen atoms in total. The van der Waals surface area contributed by atoms with Crippen LogP contribution >= 0.6 is 0 Å². The van der Waals surface area contributed by atoms with Gasteiger partial charge in [-0.3, -0.25) is 9.78 Å². The summed E-state index contributed by atoms with van der Waals surface area (Å²) < 4.78 is 0. The number of hydrogen-bond donors (Lipinski definition) is 2. The van der Waals surface area contributed by atoms with E-state index in [4.69, 9.17) is 0 Å². The Kier molecular flexibility index (Phi) is 3.07. The number of pyridine rings is 1. The van der Waals surface area contributed by atoms with E-state index in [2.05, 4.69) is 20.3 Å². The summed E-state index contributed by atoms with van der Waals surface area (Å²) in [6, 6.07) is 5.14. The Morgan fingerprint density at radius 1 is 1.50 bits per heavy atom. The van der Waals surface area contributed by atoms with Crippen LogP contribution in [0.4, 0.5) is 0 Å². The molecule has 0 saturated carbocycles. The minimum Gasteiger partial charge on any atom is -0.314 e. The highest BCUT2D eigenvalue weighted by Crippen LogP contribution is 2.10. The average molecular weight is 216 g/mol. The van der Waals surface area contributed by atoms with E-state index in [1.54, 1.807) is 18.5 Å². The summed E-state index contributed by atoms with van der Waals surface area (Å²) >= 11 is 0. The summed E-state index contributed by atoms with van der Waals surface area (Å²) in [5.41, 5.74) is 1.36. The molecule has 0 bridgehead atoms. The highest BCUT2D eigenvalue weighted by molar-refractivity contribution is 5.52. The first kappa shape index (κ1) is 10.5. The lowest BCUT2D eigenvalue weighted by Crippen LogP contribution is -2.14. The Hall–Kier alpha value is -2.01. The molecule has 0 amide bonds. The van der Waals surface area contributed by atoms with Gasteiger partial charge < -0.3 is 10.3 Å². The lowest BCUT2D eigenvalue weighted by Gasteiger charge is -2.03. The topological polar surface area (TPSA) is 70.7 Å². The fraction of sp³-hybridized carbons (Fsp3) is 0.182. The van der Waals surface area contributed by atoms with Crippen LogP contribution in [0.25, 0.3) is 11.4 Å². The fourth-order valence-corrected chi connectivity index (χ4v) is 1.42. The maximum atomic E-state index is 11.4. The van der Waals surface area contributed by atoms with Gasteiger partial charge in [-0.1, -0.05) is 0 Å². The molecule has 0 radical (unpaired) electrons. The van der Waals surface area contributed by atoms with Gasteiger partial charge in [0.05, 0.1) is 5.69 Å². The summed E-state index contributed by atoms with van der Waals surface area (Å²) in [6.45, 7) is 0.567. The molecular weight excluding hydrogens is 204 g/mol. The van der Waals surface area contributed by atoms with Crippen LogP contribution in [0.5, 0.6) is 0 Å². The number of nitrogens with zero attached hydrogens (tertiary/aromatic N) is 2. The van der Waals surface area contributed by atoms with Crippen molar-refractivity contribution < 1.29 is 0 Å². The van der Waals surface area contributed by atoms with Crippen LogP contribution in [0.15, 0.2) is 35.4 Å². The third-order valence-electron chi connectivity index (χ3n) is 2.09. The molecular formula is C11H12N4O. The van der Waals surface area contributed by atoms with Crippen molar-refractivity contribution in [2.24, 2.45) is 0 Å². The Labute approximate surface area is 92.6 Å². The molecule has 0 spiro atoms. The molecule has 2 heterocycles. The summed E-state index contributed by atoms with van der Waals surface area (Å²) in [5.74, 6) is 0.547. The molecule has 2 aromatic rings. The quantitative estimate of drug-likeness (QED) is 0.786. The summed E-state index contributed by atoms with van der Waals surface area (Å²) in [7, 11) is 1.81. The zero-order valence-corrected chi connectivity index (χ0v) is 8.90. The number of aromatic amines is 1. The van der Waals surface area contributed by atoms with Crippen LogP contribution in [-0.2, 0) is 6.54 Å². The standard InChI is InChI=1S/C11H12N4O/c1-12-7-9-5-10(16)15-11(14-9)8-3-2-4-13-6-8/h2-6,12H,7H2,1H3,(H,14,15,16). The maximum absolute atomic E-state index is 11.4. The van der Waals surface area contributed by atoms with Crippen LogP contribution in [-0.4, -0.2) is 22.0 Å². The monoisotopic (exact) mass is 216 g/mol. The molecule has 0 fully saturated rings. The number of nitrogens with one attached hydrogen (secondary N) is 2. The van der Waals surface area contributed by atoms with Gasteiger partial charge in [-0.15, -0.1) is 0 Å². The molecule has 5 heteroatoms. The Morgan fingerprint density at radius 2 is 2.38 bits per heavy atom. The predicted molar refractivity (Wildman–Crippen MR) is 60.9 cm³/mol. The molecule has 2 aromatic heterocycles. The van der Waals surface area contributed by atoms with Crippen LogP contribution in [0, 0.1) is 0 Å². The van der Waals surface area contributed by atoms with Crippen molar-refractivity contribution in [3.63, 3.8) is 0 Å². The third kappa shape index (κ3) is 2.32. The van der Waals surface area contributed by atoms with Gasteiger partial charge in [0.1, 0.15) is 5.82 Å². The second-order valence-electron chi connectivity index (χ2n) is 3.36. The second-order valence-corrected chi connectivity index (χ2v) is 3.36. The van der Waals surface area contributed by atoms with Crippen molar-refractivity contribution in [2.75, 3.05) is 7.05 Å². The maximum Gasteiger partial charge on any atom is 0.251 e. The minimum atomic E-state index is -0.154. The number of rotatable bonds is 3. The Bertz CT molecular complexity index is 521. The van der Waals surface area contributed by atoms with Gasteiger partial charge in [0, 0.05) is 30.6 Å². The van der Waals surface area contributed by atoms with E-state index in [9.17, 15) is 4.79 Å². The minimum absolute atomic E-state index is 0.154. The molecule has 0 aliphatic carbocycles. The first-order chi connectivity index (χ1) is 7.79. The normalized spacial score (nSPS) is 10.3. The van der Waals surface area contributed by atoms with E-state index in [0.717, 1.165) is 5.56 Å². The molecule has 2 rings (SSSR count). The second kappa shape index (κ2) is 4.67. The first-order valence-electron chi connectivity index (χ1n) is 4.95. The molecule has 0 unspecified atom stereocenters. The summed E-state index contributed by atoms with van der Waals surface area (Å²) in [6.07, 6.45) is 3.35. The van der Waals surface area contributed by atoms with E-state index < -0.39 is 0 Å². The van der Waals surface area contributed by atoms with E-state index >= 15 is 0 Å². The van der Waals surface area contributed by atoms with Gasteiger partial charge in [-0.25, -0.2) is 4.98 Å². The highest BCUT2D eigenvalue weighted by Gasteiger charge is 2.03. The van der Waals surface area contributed by atoms with Crippen molar-refractivity contribution >= 4 is 0 Å². The summed E-state index contributed by atoms with van der Waals surface area (Å²) in [5, 5.41) is 2.96. The molecule has 82 valence electrons. The number of aromatic nitrogens is 3. The average Bonchev–Trinajstić information content (AvgIpc) is 2.30.